The predicted octanol–water partition coefficient (Wildman–Crippen LogP) is 4.59. The molecule has 0 aliphatic rings. The van der Waals surface area contributed by atoms with Crippen molar-refractivity contribution in [3.8, 4) is 11.8 Å². The van der Waals surface area contributed by atoms with Crippen LogP contribution in [0.25, 0.3) is 0 Å². The van der Waals surface area contributed by atoms with Crippen LogP contribution in [0.2, 0.25) is 19.6 Å². The van der Waals surface area contributed by atoms with Crippen LogP contribution in [0.1, 0.15) is 45.6 Å². The van der Waals surface area contributed by atoms with E-state index in [4.69, 9.17) is 13.6 Å². The number of esters is 1. The van der Waals surface area contributed by atoms with Gasteiger partial charge in [-0.15, -0.1) is 0 Å². The first-order chi connectivity index (χ1) is 11.0. The Bertz CT molecular complexity index is 567. The largest absolute Gasteiger partial charge is 0.472 e. The summed E-state index contributed by atoms with van der Waals surface area (Å²) in [6, 6.07) is 1.99. The lowest BCUT2D eigenvalue weighted by atomic mass is 9.74. The van der Waals surface area contributed by atoms with E-state index in [0.717, 1.165) is 5.56 Å². The minimum atomic E-state index is -1.80. The van der Waals surface area contributed by atoms with Crippen molar-refractivity contribution in [2.75, 3.05) is 6.61 Å². The molecule has 0 amide bonds. The summed E-state index contributed by atoms with van der Waals surface area (Å²) in [5.74, 6) is 5.27. The van der Waals surface area contributed by atoms with Crippen LogP contribution < -0.4 is 0 Å². The van der Waals surface area contributed by atoms with Gasteiger partial charge in [0.25, 0.3) is 0 Å². The molecule has 1 aromatic heterocycles. The number of hydrogen-bond donors (Lipinski definition) is 0. The first-order valence-electron chi connectivity index (χ1n) is 8.41. The smallest absolute Gasteiger partial charge is 0.384 e. The number of ether oxygens (including phenoxy) is 1. The van der Waals surface area contributed by atoms with Crippen LogP contribution in [0.3, 0.4) is 0 Å². The van der Waals surface area contributed by atoms with Gasteiger partial charge in [-0.2, -0.15) is 0 Å². The normalized spacial score (nSPS) is 14.5. The topological polar surface area (TPSA) is 48.7 Å². The number of carbonyl (C=O) groups excluding carboxylic acids is 1. The average Bonchev–Trinajstić information content (AvgIpc) is 2.92. The molecule has 1 heterocycles. The van der Waals surface area contributed by atoms with Gasteiger partial charge in [0, 0.05) is 5.92 Å². The summed E-state index contributed by atoms with van der Waals surface area (Å²) in [5, 5.41) is 0. The van der Waals surface area contributed by atoms with Gasteiger partial charge in [-0.25, -0.2) is 4.79 Å². The predicted molar refractivity (Wildman–Crippen MR) is 98.1 cm³/mol. The maximum Gasteiger partial charge on any atom is 0.384 e. The highest BCUT2D eigenvalue weighted by atomic mass is 28.4. The van der Waals surface area contributed by atoms with Gasteiger partial charge in [0.2, 0.25) is 0 Å². The van der Waals surface area contributed by atoms with Crippen LogP contribution in [-0.4, -0.2) is 27.0 Å². The summed E-state index contributed by atoms with van der Waals surface area (Å²) < 4.78 is 16.4. The highest BCUT2D eigenvalue weighted by Gasteiger charge is 2.31. The fourth-order valence-electron chi connectivity index (χ4n) is 2.55. The quantitative estimate of drug-likeness (QED) is 0.326. The van der Waals surface area contributed by atoms with Crippen molar-refractivity contribution in [1.29, 1.82) is 0 Å². The van der Waals surface area contributed by atoms with E-state index in [-0.39, 0.29) is 17.4 Å². The molecule has 1 unspecified atom stereocenters. The monoisotopic (exact) mass is 350 g/mol. The van der Waals surface area contributed by atoms with Crippen LogP contribution in [0, 0.1) is 17.3 Å². The van der Waals surface area contributed by atoms with Crippen LogP contribution in [0.5, 0.6) is 0 Å². The second kappa shape index (κ2) is 8.54. The number of furan rings is 1. The lowest BCUT2D eigenvalue weighted by Gasteiger charge is -2.33. The van der Waals surface area contributed by atoms with Gasteiger partial charge in [0.15, 0.2) is 8.32 Å². The molecule has 0 fully saturated rings. The molecule has 0 radical (unpaired) electrons. The molecule has 0 aliphatic carbocycles. The molecule has 0 saturated heterocycles. The van der Waals surface area contributed by atoms with E-state index in [9.17, 15) is 4.79 Å². The first-order valence-corrected chi connectivity index (χ1v) is 11.8. The molecule has 0 saturated carbocycles. The van der Waals surface area contributed by atoms with Gasteiger partial charge >= 0.3 is 5.97 Å². The zero-order valence-electron chi connectivity index (χ0n) is 15.9. The Balaban J connectivity index is 3.02. The SMILES string of the molecule is CCOC(=O)C#CC(C[C@H](c1ccoc1)C(C)(C)C)O[Si](C)(C)C. The highest BCUT2D eigenvalue weighted by molar-refractivity contribution is 6.69. The Morgan fingerprint density at radius 3 is 2.46 bits per heavy atom. The van der Waals surface area contributed by atoms with Gasteiger partial charge in [-0.3, -0.25) is 0 Å². The third-order valence-corrected chi connectivity index (χ3v) is 4.54. The molecule has 1 rings (SSSR count). The van der Waals surface area contributed by atoms with E-state index in [1.807, 2.05) is 6.07 Å². The zero-order chi connectivity index (χ0) is 18.4. The van der Waals surface area contributed by atoms with Crippen LogP contribution in [0.15, 0.2) is 23.0 Å². The molecule has 24 heavy (non-hydrogen) atoms. The first kappa shape index (κ1) is 20.5. The summed E-state index contributed by atoms with van der Waals surface area (Å²) in [7, 11) is -1.80. The van der Waals surface area contributed by atoms with Crippen LogP contribution in [0.4, 0.5) is 0 Å². The minimum Gasteiger partial charge on any atom is -0.472 e. The molecule has 0 bridgehead atoms. The maximum absolute atomic E-state index is 11.6. The number of rotatable bonds is 6. The van der Waals surface area contributed by atoms with Gasteiger partial charge in [0.05, 0.1) is 19.1 Å². The number of hydrogen-bond acceptors (Lipinski definition) is 4. The highest BCUT2D eigenvalue weighted by Crippen LogP contribution is 2.39. The van der Waals surface area contributed by atoms with Crippen molar-refractivity contribution in [1.82, 2.24) is 0 Å². The van der Waals surface area contributed by atoms with Gasteiger partial charge < -0.3 is 13.6 Å². The third kappa shape index (κ3) is 7.37. The molecule has 0 aromatic carbocycles. The summed E-state index contributed by atoms with van der Waals surface area (Å²) in [5.41, 5.74) is 1.15. The lowest BCUT2D eigenvalue weighted by Crippen LogP contribution is -2.34. The molecule has 1 aromatic rings. The van der Waals surface area contributed by atoms with E-state index >= 15 is 0 Å². The van der Waals surface area contributed by atoms with Gasteiger partial charge in [-0.1, -0.05) is 26.7 Å². The molecular formula is C19H30O4Si. The van der Waals surface area contributed by atoms with Gasteiger partial charge in [-0.05, 0) is 55.9 Å². The molecule has 0 N–H and O–H groups in total. The maximum atomic E-state index is 11.6. The molecular weight excluding hydrogens is 320 g/mol. The van der Waals surface area contributed by atoms with Crippen molar-refractivity contribution in [3.63, 3.8) is 0 Å². The Kier molecular flexibility index (Phi) is 7.31. The Labute approximate surface area is 147 Å². The summed E-state index contributed by atoms with van der Waals surface area (Å²) >= 11 is 0. The van der Waals surface area contributed by atoms with Crippen molar-refractivity contribution in [3.05, 3.63) is 24.2 Å². The lowest BCUT2D eigenvalue weighted by molar-refractivity contribution is -0.136. The summed E-state index contributed by atoms with van der Waals surface area (Å²) in [4.78, 5) is 11.6. The van der Waals surface area contributed by atoms with E-state index in [1.165, 1.54) is 0 Å². The van der Waals surface area contributed by atoms with E-state index in [1.54, 1.807) is 19.5 Å². The Morgan fingerprint density at radius 2 is 2.00 bits per heavy atom. The molecule has 134 valence electrons. The molecule has 5 heteroatoms. The Hall–Kier alpha value is -1.51. The van der Waals surface area contributed by atoms with Crippen molar-refractivity contribution in [2.45, 2.75) is 65.8 Å². The van der Waals surface area contributed by atoms with Gasteiger partial charge in [0.1, 0.15) is 6.10 Å². The van der Waals surface area contributed by atoms with E-state index < -0.39 is 14.3 Å². The zero-order valence-corrected chi connectivity index (χ0v) is 16.9. The van der Waals surface area contributed by atoms with Crippen molar-refractivity contribution in [2.24, 2.45) is 5.41 Å². The molecule has 4 nitrogen and oxygen atoms in total. The molecule has 0 spiro atoms. The second-order valence-corrected chi connectivity index (χ2v) is 12.4. The summed E-state index contributed by atoms with van der Waals surface area (Å²) in [6.45, 7) is 15.0. The number of carbonyl (C=O) groups is 1. The second-order valence-electron chi connectivity index (χ2n) is 7.92. The fraction of sp³-hybridized carbons (Fsp3) is 0.632. The van der Waals surface area contributed by atoms with Crippen LogP contribution >= 0.6 is 0 Å². The standard InChI is InChI=1S/C19H30O4Si/c1-8-22-18(20)10-9-16(23-24(5,6)7)13-17(19(2,3)4)15-11-12-21-14-15/h11-12,14,16-17H,8,13H2,1-7H3/t16?,17-/m1/s1. The van der Waals surface area contributed by atoms with Crippen molar-refractivity contribution >= 4 is 14.3 Å². The minimum absolute atomic E-state index is 0.0243. The van der Waals surface area contributed by atoms with E-state index in [2.05, 4.69) is 52.3 Å². The van der Waals surface area contributed by atoms with E-state index in [0.29, 0.717) is 13.0 Å². The molecule has 0 aliphatic heterocycles. The fourth-order valence-corrected chi connectivity index (χ4v) is 3.56. The summed E-state index contributed by atoms with van der Waals surface area (Å²) in [6.07, 6.45) is 3.87. The average molecular weight is 351 g/mol. The third-order valence-electron chi connectivity index (χ3n) is 3.55. The van der Waals surface area contributed by atoms with Crippen LogP contribution in [-0.2, 0) is 14.0 Å². The molecule has 2 atom stereocenters. The van der Waals surface area contributed by atoms with Crippen molar-refractivity contribution < 1.29 is 18.4 Å². The Morgan fingerprint density at radius 1 is 1.33 bits per heavy atom.